The van der Waals surface area contributed by atoms with Crippen LogP contribution in [0.3, 0.4) is 0 Å². The average molecular weight is 460 g/mol. The number of thioether (sulfide) groups is 1. The Bertz CT molecular complexity index is 1190. The highest BCUT2D eigenvalue weighted by atomic mass is 32.2. The molecule has 0 spiro atoms. The molecule has 8 heteroatoms. The van der Waals surface area contributed by atoms with E-state index >= 15 is 0 Å². The zero-order valence-electron chi connectivity index (χ0n) is 17.8. The second-order valence-corrected chi connectivity index (χ2v) is 7.96. The van der Waals surface area contributed by atoms with Gasteiger partial charge >= 0.3 is 5.97 Å². The number of nitrogens with zero attached hydrogens (tertiary/aromatic N) is 2. The molecule has 0 aliphatic carbocycles. The van der Waals surface area contributed by atoms with Gasteiger partial charge in [0.15, 0.2) is 0 Å². The first-order valence-corrected chi connectivity index (χ1v) is 11.2. The predicted molar refractivity (Wildman–Crippen MR) is 125 cm³/mol. The summed E-state index contributed by atoms with van der Waals surface area (Å²) in [7, 11) is 1.29. The third kappa shape index (κ3) is 5.48. The van der Waals surface area contributed by atoms with Crippen LogP contribution in [0.2, 0.25) is 0 Å². The summed E-state index contributed by atoms with van der Waals surface area (Å²) < 4.78 is 10.7. The topological polar surface area (TPSA) is 94.3 Å². The molecule has 4 rings (SSSR count). The van der Waals surface area contributed by atoms with Gasteiger partial charge in [0.25, 0.3) is 5.22 Å². The molecule has 1 N–H and O–H groups in total. The normalized spacial score (nSPS) is 10.7. The Morgan fingerprint density at radius 2 is 1.52 bits per heavy atom. The van der Waals surface area contributed by atoms with Gasteiger partial charge < -0.3 is 14.5 Å². The summed E-state index contributed by atoms with van der Waals surface area (Å²) in [6, 6.07) is 26.5. The zero-order valence-corrected chi connectivity index (χ0v) is 18.6. The molecule has 0 fully saturated rings. The first-order valence-electron chi connectivity index (χ1n) is 10.2. The van der Waals surface area contributed by atoms with Gasteiger partial charge in [0.05, 0.1) is 30.0 Å². The third-order valence-electron chi connectivity index (χ3n) is 4.87. The van der Waals surface area contributed by atoms with Crippen molar-refractivity contribution in [2.45, 2.75) is 11.1 Å². The van der Waals surface area contributed by atoms with E-state index in [4.69, 9.17) is 9.15 Å². The first-order chi connectivity index (χ1) is 16.2. The molecule has 33 heavy (non-hydrogen) atoms. The number of esters is 1. The molecule has 0 aliphatic rings. The van der Waals surface area contributed by atoms with Crippen molar-refractivity contribution in [2.75, 3.05) is 18.2 Å². The van der Waals surface area contributed by atoms with Crippen LogP contribution in [0.15, 0.2) is 94.6 Å². The number of ether oxygens (including phenoxy) is 1. The Morgan fingerprint density at radius 3 is 2.15 bits per heavy atom. The van der Waals surface area contributed by atoms with Crippen molar-refractivity contribution in [1.82, 2.24) is 10.2 Å². The molecule has 0 bridgehead atoms. The van der Waals surface area contributed by atoms with Gasteiger partial charge in [-0.25, -0.2) is 4.79 Å². The van der Waals surface area contributed by atoms with Crippen molar-refractivity contribution in [3.63, 3.8) is 0 Å². The minimum atomic E-state index is -0.520. The molecule has 0 atom stereocenters. The lowest BCUT2D eigenvalue weighted by atomic mass is 9.91. The van der Waals surface area contributed by atoms with Gasteiger partial charge in [0, 0.05) is 0 Å². The van der Waals surface area contributed by atoms with Gasteiger partial charge in [-0.05, 0) is 23.3 Å². The van der Waals surface area contributed by atoms with Crippen LogP contribution in [-0.4, -0.2) is 34.9 Å². The SMILES string of the molecule is COC(=O)c1ccccc1NC(=O)CSc1nnc(C(c2ccccc2)c2ccccc2)o1. The standard InChI is InChI=1S/C25H21N3O4S/c1-31-24(30)19-14-8-9-15-20(19)26-21(29)16-33-25-28-27-23(32-25)22(17-10-4-2-5-11-17)18-12-6-3-7-13-18/h2-15,22H,16H2,1H3,(H,26,29). The fourth-order valence-corrected chi connectivity index (χ4v) is 3.93. The van der Waals surface area contributed by atoms with E-state index in [9.17, 15) is 9.59 Å². The summed E-state index contributed by atoms with van der Waals surface area (Å²) in [4.78, 5) is 24.3. The molecule has 166 valence electrons. The summed E-state index contributed by atoms with van der Waals surface area (Å²) >= 11 is 1.13. The Hall–Kier alpha value is -3.91. The number of aromatic nitrogens is 2. The zero-order chi connectivity index (χ0) is 23.0. The molecule has 3 aromatic carbocycles. The molecular weight excluding hydrogens is 438 g/mol. The largest absolute Gasteiger partial charge is 0.465 e. The van der Waals surface area contributed by atoms with Crippen LogP contribution < -0.4 is 5.32 Å². The molecule has 0 aliphatic heterocycles. The van der Waals surface area contributed by atoms with Crippen molar-refractivity contribution in [3.8, 4) is 0 Å². The van der Waals surface area contributed by atoms with E-state index in [1.807, 2.05) is 60.7 Å². The average Bonchev–Trinajstić information content (AvgIpc) is 3.32. The van der Waals surface area contributed by atoms with Gasteiger partial charge in [-0.2, -0.15) is 0 Å². The highest BCUT2D eigenvalue weighted by Crippen LogP contribution is 2.32. The van der Waals surface area contributed by atoms with E-state index in [0.717, 1.165) is 22.9 Å². The molecule has 0 unspecified atom stereocenters. The number of carbonyl (C=O) groups is 2. The van der Waals surface area contributed by atoms with E-state index in [-0.39, 0.29) is 23.1 Å². The summed E-state index contributed by atoms with van der Waals surface area (Å²) in [5.41, 5.74) is 2.73. The molecule has 0 radical (unpaired) electrons. The lowest BCUT2D eigenvalue weighted by Gasteiger charge is -2.13. The van der Waals surface area contributed by atoms with E-state index < -0.39 is 5.97 Å². The van der Waals surface area contributed by atoms with Crippen LogP contribution in [0.4, 0.5) is 5.69 Å². The molecule has 0 saturated heterocycles. The number of hydrogen-bond donors (Lipinski definition) is 1. The monoisotopic (exact) mass is 459 g/mol. The predicted octanol–water partition coefficient (Wildman–Crippen LogP) is 4.77. The fourth-order valence-electron chi connectivity index (χ4n) is 3.36. The van der Waals surface area contributed by atoms with Crippen molar-refractivity contribution >= 4 is 29.3 Å². The van der Waals surface area contributed by atoms with Crippen LogP contribution in [0.5, 0.6) is 0 Å². The number of nitrogens with one attached hydrogen (secondary N) is 1. The van der Waals surface area contributed by atoms with E-state index in [2.05, 4.69) is 15.5 Å². The van der Waals surface area contributed by atoms with Crippen LogP contribution in [0.1, 0.15) is 33.3 Å². The maximum absolute atomic E-state index is 12.5. The third-order valence-corrected chi connectivity index (χ3v) is 5.69. The number of benzene rings is 3. The number of carbonyl (C=O) groups excluding carboxylic acids is 2. The minimum Gasteiger partial charge on any atom is -0.465 e. The number of rotatable bonds is 8. The fraction of sp³-hybridized carbons (Fsp3) is 0.120. The molecule has 4 aromatic rings. The smallest absolute Gasteiger partial charge is 0.339 e. The summed E-state index contributed by atoms with van der Waals surface area (Å²) in [6.07, 6.45) is 0. The van der Waals surface area contributed by atoms with Crippen LogP contribution >= 0.6 is 11.8 Å². The Morgan fingerprint density at radius 1 is 0.909 bits per heavy atom. The number of amides is 1. The van der Waals surface area contributed by atoms with Crippen LogP contribution in [0.25, 0.3) is 0 Å². The molecule has 1 aromatic heterocycles. The van der Waals surface area contributed by atoms with Gasteiger partial charge in [0.2, 0.25) is 11.8 Å². The summed E-state index contributed by atoms with van der Waals surface area (Å²) in [5.74, 6) is -0.550. The molecule has 1 heterocycles. The first kappa shape index (κ1) is 22.3. The molecular formula is C25H21N3O4S. The Balaban J connectivity index is 1.46. The van der Waals surface area contributed by atoms with Crippen LogP contribution in [0, 0.1) is 0 Å². The second-order valence-electron chi connectivity index (χ2n) is 7.03. The molecule has 7 nitrogen and oxygen atoms in total. The van der Waals surface area contributed by atoms with Crippen molar-refractivity contribution in [1.29, 1.82) is 0 Å². The number of hydrogen-bond acceptors (Lipinski definition) is 7. The second kappa shape index (κ2) is 10.6. The number of para-hydroxylation sites is 1. The van der Waals surface area contributed by atoms with Crippen molar-refractivity contribution < 1.29 is 18.7 Å². The minimum absolute atomic E-state index is 0.0402. The highest BCUT2D eigenvalue weighted by molar-refractivity contribution is 7.99. The maximum atomic E-state index is 12.5. The molecule has 1 amide bonds. The van der Waals surface area contributed by atoms with Gasteiger partial charge in [0.1, 0.15) is 0 Å². The van der Waals surface area contributed by atoms with Gasteiger partial charge in [-0.15, -0.1) is 10.2 Å². The van der Waals surface area contributed by atoms with Crippen molar-refractivity contribution in [2.24, 2.45) is 0 Å². The van der Waals surface area contributed by atoms with E-state index in [1.165, 1.54) is 7.11 Å². The lowest BCUT2D eigenvalue weighted by molar-refractivity contribution is -0.113. The van der Waals surface area contributed by atoms with E-state index in [1.54, 1.807) is 24.3 Å². The lowest BCUT2D eigenvalue weighted by Crippen LogP contribution is -2.17. The Labute approximate surface area is 195 Å². The summed E-state index contributed by atoms with van der Waals surface area (Å²) in [6.45, 7) is 0. The molecule has 0 saturated carbocycles. The number of anilines is 1. The van der Waals surface area contributed by atoms with Gasteiger partial charge in [-0.1, -0.05) is 84.6 Å². The summed E-state index contributed by atoms with van der Waals surface area (Å²) in [5, 5.41) is 11.4. The maximum Gasteiger partial charge on any atom is 0.339 e. The quantitative estimate of drug-likeness (QED) is 0.300. The van der Waals surface area contributed by atoms with Crippen molar-refractivity contribution in [3.05, 3.63) is 108 Å². The Kier molecular flexibility index (Phi) is 7.16. The highest BCUT2D eigenvalue weighted by Gasteiger charge is 2.23. The number of methoxy groups -OCH3 is 1. The van der Waals surface area contributed by atoms with Crippen LogP contribution in [-0.2, 0) is 9.53 Å². The van der Waals surface area contributed by atoms with E-state index in [0.29, 0.717) is 16.8 Å². The van der Waals surface area contributed by atoms with Gasteiger partial charge in [-0.3, -0.25) is 4.79 Å².